The van der Waals surface area contributed by atoms with Crippen LogP contribution in [-0.2, 0) is 0 Å². The van der Waals surface area contributed by atoms with Gasteiger partial charge < -0.3 is 10.4 Å². The number of carbonyl (C=O) groups is 1. The van der Waals surface area contributed by atoms with Crippen molar-refractivity contribution in [1.29, 1.82) is 0 Å². The maximum absolute atomic E-state index is 12.2. The number of amides is 2. The third-order valence-corrected chi connectivity index (χ3v) is 4.75. The van der Waals surface area contributed by atoms with Crippen LogP contribution in [0, 0.1) is 6.92 Å². The number of H-pyrrole nitrogens is 1. The smallest absolute Gasteiger partial charge is 0.345 e. The standard InChI is InChI=1S/C19H15BrN4O4/c1-11-9-13(7-8-15(11)20)24-17(26)14(16(25)23-19(24)28)10-21-18(27)22-12-5-3-2-4-6-12/h2-10,26H,1H3,(H,22,27)(H,23,25,28). The van der Waals surface area contributed by atoms with Crippen molar-refractivity contribution >= 4 is 33.9 Å². The summed E-state index contributed by atoms with van der Waals surface area (Å²) < 4.78 is 1.75. The molecule has 3 rings (SSSR count). The molecule has 28 heavy (non-hydrogen) atoms. The number of aliphatic imine (C=N–C) groups is 1. The molecule has 0 aliphatic carbocycles. The Morgan fingerprint density at radius 3 is 2.61 bits per heavy atom. The summed E-state index contributed by atoms with van der Waals surface area (Å²) in [6, 6.07) is 12.9. The van der Waals surface area contributed by atoms with Gasteiger partial charge in [0.05, 0.1) is 11.9 Å². The van der Waals surface area contributed by atoms with Crippen molar-refractivity contribution < 1.29 is 9.90 Å². The van der Waals surface area contributed by atoms with Crippen LogP contribution in [-0.4, -0.2) is 26.9 Å². The molecule has 0 bridgehead atoms. The maximum Gasteiger partial charge on any atom is 0.345 e. The van der Waals surface area contributed by atoms with Gasteiger partial charge in [-0.25, -0.2) is 19.1 Å². The fourth-order valence-corrected chi connectivity index (χ4v) is 2.71. The first kappa shape index (κ1) is 19.3. The van der Waals surface area contributed by atoms with Crippen molar-refractivity contribution in [3.8, 4) is 11.6 Å². The Morgan fingerprint density at radius 1 is 1.21 bits per heavy atom. The van der Waals surface area contributed by atoms with Gasteiger partial charge in [-0.2, -0.15) is 0 Å². The van der Waals surface area contributed by atoms with E-state index in [1.54, 1.807) is 48.5 Å². The topological polar surface area (TPSA) is 117 Å². The van der Waals surface area contributed by atoms with Gasteiger partial charge >= 0.3 is 11.7 Å². The van der Waals surface area contributed by atoms with E-state index in [1.165, 1.54) is 0 Å². The molecule has 0 saturated carbocycles. The Kier molecular flexibility index (Phi) is 5.55. The van der Waals surface area contributed by atoms with Crippen molar-refractivity contribution in [3.05, 3.63) is 85.0 Å². The fraction of sp³-hybridized carbons (Fsp3) is 0.0526. The van der Waals surface area contributed by atoms with E-state index in [0.717, 1.165) is 20.8 Å². The lowest BCUT2D eigenvalue weighted by atomic mass is 10.2. The van der Waals surface area contributed by atoms with E-state index in [1.807, 2.05) is 6.92 Å². The van der Waals surface area contributed by atoms with Crippen LogP contribution in [0.3, 0.4) is 0 Å². The number of para-hydroxylation sites is 1. The zero-order chi connectivity index (χ0) is 20.3. The van der Waals surface area contributed by atoms with Gasteiger partial charge in [-0.15, -0.1) is 0 Å². The van der Waals surface area contributed by atoms with Crippen LogP contribution in [0.5, 0.6) is 5.88 Å². The molecule has 0 aliphatic rings. The highest BCUT2D eigenvalue weighted by Gasteiger charge is 2.15. The quantitative estimate of drug-likeness (QED) is 0.540. The molecule has 8 nitrogen and oxygen atoms in total. The lowest BCUT2D eigenvalue weighted by Gasteiger charge is -2.11. The lowest BCUT2D eigenvalue weighted by molar-refractivity contribution is 0.259. The average molecular weight is 443 g/mol. The number of aromatic hydroxyl groups is 1. The molecular weight excluding hydrogens is 428 g/mol. The summed E-state index contributed by atoms with van der Waals surface area (Å²) >= 11 is 3.36. The van der Waals surface area contributed by atoms with Crippen LogP contribution >= 0.6 is 15.9 Å². The summed E-state index contributed by atoms with van der Waals surface area (Å²) in [5.74, 6) is -0.619. The third kappa shape index (κ3) is 4.09. The van der Waals surface area contributed by atoms with Crippen LogP contribution in [0.15, 0.2) is 67.6 Å². The summed E-state index contributed by atoms with van der Waals surface area (Å²) in [6.45, 7) is 1.82. The summed E-state index contributed by atoms with van der Waals surface area (Å²) in [5, 5.41) is 13.0. The second-order valence-corrected chi connectivity index (χ2v) is 6.67. The Hall–Kier alpha value is -3.46. The molecule has 2 aromatic carbocycles. The highest BCUT2D eigenvalue weighted by Crippen LogP contribution is 2.21. The van der Waals surface area contributed by atoms with E-state index in [-0.39, 0.29) is 5.56 Å². The monoisotopic (exact) mass is 442 g/mol. The largest absolute Gasteiger partial charge is 0.493 e. The highest BCUT2D eigenvalue weighted by atomic mass is 79.9. The molecule has 0 atom stereocenters. The van der Waals surface area contributed by atoms with E-state index in [4.69, 9.17) is 0 Å². The Morgan fingerprint density at radius 2 is 1.93 bits per heavy atom. The zero-order valence-corrected chi connectivity index (χ0v) is 16.2. The summed E-state index contributed by atoms with van der Waals surface area (Å²) in [6.07, 6.45) is 0.911. The number of aromatic amines is 1. The van der Waals surface area contributed by atoms with Crippen LogP contribution in [0.2, 0.25) is 0 Å². The minimum absolute atomic E-state index is 0.316. The third-order valence-electron chi connectivity index (χ3n) is 3.86. The second-order valence-electron chi connectivity index (χ2n) is 5.82. The first-order valence-corrected chi connectivity index (χ1v) is 8.91. The summed E-state index contributed by atoms with van der Waals surface area (Å²) in [4.78, 5) is 42.0. The Labute approximate surface area is 167 Å². The van der Waals surface area contributed by atoms with Gasteiger partial charge in [0, 0.05) is 10.2 Å². The molecule has 2 amide bonds. The van der Waals surface area contributed by atoms with E-state index in [0.29, 0.717) is 11.4 Å². The fourth-order valence-electron chi connectivity index (χ4n) is 2.46. The number of benzene rings is 2. The number of carbonyl (C=O) groups excluding carboxylic acids is 1. The molecule has 0 aliphatic heterocycles. The number of nitrogens with one attached hydrogen (secondary N) is 2. The van der Waals surface area contributed by atoms with Crippen LogP contribution in [0.4, 0.5) is 10.5 Å². The van der Waals surface area contributed by atoms with Crippen molar-refractivity contribution in [3.63, 3.8) is 0 Å². The SMILES string of the molecule is Cc1cc(-n2c(O)c(C=NC(=O)Nc3ccccc3)c(=O)[nH]c2=O)ccc1Br. The van der Waals surface area contributed by atoms with Gasteiger partial charge in [0.25, 0.3) is 5.56 Å². The number of anilines is 1. The highest BCUT2D eigenvalue weighted by molar-refractivity contribution is 9.10. The molecular formula is C19H15BrN4O4. The van der Waals surface area contributed by atoms with Gasteiger partial charge in [-0.3, -0.25) is 9.78 Å². The first-order valence-electron chi connectivity index (χ1n) is 8.11. The van der Waals surface area contributed by atoms with Crippen LogP contribution < -0.4 is 16.6 Å². The normalized spacial score (nSPS) is 10.9. The number of aryl methyl sites for hydroxylation is 1. The summed E-state index contributed by atoms with van der Waals surface area (Å²) in [5.41, 5.74) is -0.282. The number of rotatable bonds is 3. The van der Waals surface area contributed by atoms with Crippen LogP contribution in [0.1, 0.15) is 11.1 Å². The Bertz CT molecular complexity index is 1180. The van der Waals surface area contributed by atoms with E-state index >= 15 is 0 Å². The average Bonchev–Trinajstić information content (AvgIpc) is 2.65. The molecule has 1 aromatic heterocycles. The molecule has 0 saturated heterocycles. The molecule has 0 spiro atoms. The molecule has 3 aromatic rings. The minimum atomic E-state index is -0.858. The maximum atomic E-state index is 12.2. The predicted octanol–water partition coefficient (Wildman–Crippen LogP) is 2.95. The van der Waals surface area contributed by atoms with Gasteiger partial charge in [-0.05, 0) is 42.8 Å². The van der Waals surface area contributed by atoms with Crippen molar-refractivity contribution in [2.45, 2.75) is 6.92 Å². The van der Waals surface area contributed by atoms with Gasteiger partial charge in [-0.1, -0.05) is 34.1 Å². The number of hydrogen-bond acceptors (Lipinski definition) is 4. The number of hydrogen-bond donors (Lipinski definition) is 3. The number of halogens is 1. The minimum Gasteiger partial charge on any atom is -0.493 e. The van der Waals surface area contributed by atoms with Gasteiger partial charge in [0.15, 0.2) is 0 Å². The van der Waals surface area contributed by atoms with E-state index in [9.17, 15) is 19.5 Å². The van der Waals surface area contributed by atoms with Gasteiger partial charge in [0.2, 0.25) is 5.88 Å². The summed E-state index contributed by atoms with van der Waals surface area (Å²) in [7, 11) is 0. The van der Waals surface area contributed by atoms with E-state index in [2.05, 4.69) is 31.2 Å². The number of nitrogens with zero attached hydrogens (tertiary/aromatic N) is 2. The molecule has 3 N–H and O–H groups in total. The van der Waals surface area contributed by atoms with Crippen LogP contribution in [0.25, 0.3) is 5.69 Å². The molecule has 142 valence electrons. The first-order chi connectivity index (χ1) is 13.4. The zero-order valence-electron chi connectivity index (χ0n) is 14.6. The predicted molar refractivity (Wildman–Crippen MR) is 110 cm³/mol. The lowest BCUT2D eigenvalue weighted by Crippen LogP contribution is -2.31. The van der Waals surface area contributed by atoms with E-state index < -0.39 is 23.2 Å². The van der Waals surface area contributed by atoms with Crippen molar-refractivity contribution in [2.75, 3.05) is 5.32 Å². The molecule has 9 heteroatoms. The molecule has 0 fully saturated rings. The van der Waals surface area contributed by atoms with Crippen molar-refractivity contribution in [1.82, 2.24) is 9.55 Å². The molecule has 0 unspecified atom stereocenters. The van der Waals surface area contributed by atoms with Crippen molar-refractivity contribution in [2.24, 2.45) is 4.99 Å². The molecule has 1 heterocycles. The number of urea groups is 1. The number of aromatic nitrogens is 2. The van der Waals surface area contributed by atoms with Gasteiger partial charge in [0.1, 0.15) is 5.56 Å². The molecule has 0 radical (unpaired) electrons. The Balaban J connectivity index is 1.98. The second kappa shape index (κ2) is 8.05.